The van der Waals surface area contributed by atoms with Gasteiger partial charge in [-0.2, -0.15) is 0 Å². The highest BCUT2D eigenvalue weighted by Gasteiger charge is 2.69. The lowest BCUT2D eigenvalue weighted by Gasteiger charge is -2.47. The molecule has 1 heterocycles. The maximum atomic E-state index is 12.3. The molecule has 35 heavy (non-hydrogen) atoms. The monoisotopic (exact) mass is 498 g/mol. The molecule has 0 amide bonds. The van der Waals surface area contributed by atoms with E-state index in [1.54, 1.807) is 0 Å². The quantitative estimate of drug-likeness (QED) is 0.265. The maximum absolute atomic E-state index is 12.3. The number of ether oxygens (including phenoxy) is 2. The first kappa shape index (κ1) is 26.0. The van der Waals surface area contributed by atoms with Crippen LogP contribution in [0.25, 0.3) is 0 Å². The molecule has 5 rings (SSSR count). The van der Waals surface area contributed by atoms with E-state index < -0.39 is 66.1 Å². The van der Waals surface area contributed by atoms with Gasteiger partial charge in [0.25, 0.3) is 0 Å². The van der Waals surface area contributed by atoms with E-state index in [0.717, 1.165) is 24.8 Å². The summed E-state index contributed by atoms with van der Waals surface area (Å²) >= 11 is 0. The van der Waals surface area contributed by atoms with Crippen LogP contribution in [-0.4, -0.2) is 96.5 Å². The molecule has 1 saturated heterocycles. The van der Waals surface area contributed by atoms with E-state index in [4.69, 9.17) is 9.47 Å². The molecule has 2 bridgehead atoms. The molecule has 0 aromatic carbocycles. The fourth-order valence-corrected chi connectivity index (χ4v) is 8.58. The first-order valence-electron chi connectivity index (χ1n) is 13.0. The van der Waals surface area contributed by atoms with Gasteiger partial charge in [0, 0.05) is 11.3 Å². The molecule has 12 atom stereocenters. The Morgan fingerprint density at radius 2 is 1.69 bits per heavy atom. The van der Waals surface area contributed by atoms with Crippen LogP contribution in [-0.2, 0) is 9.47 Å². The van der Waals surface area contributed by atoms with E-state index in [1.165, 1.54) is 5.57 Å². The molecular weight excluding hydrogens is 456 g/mol. The lowest BCUT2D eigenvalue weighted by atomic mass is 9.66. The fraction of sp³-hybridized carbons (Fsp3) is 0.923. The summed E-state index contributed by atoms with van der Waals surface area (Å²) in [6.07, 6.45) is -4.78. The van der Waals surface area contributed by atoms with E-state index in [1.807, 2.05) is 27.7 Å². The first-order chi connectivity index (χ1) is 16.2. The second-order valence-corrected chi connectivity index (χ2v) is 12.8. The van der Waals surface area contributed by atoms with Crippen LogP contribution in [0.15, 0.2) is 11.1 Å². The molecule has 1 spiro atoms. The first-order valence-corrected chi connectivity index (χ1v) is 13.0. The molecule has 4 fully saturated rings. The maximum Gasteiger partial charge on any atom is 0.186 e. The number of aliphatic hydroxyl groups is 7. The molecule has 3 saturated carbocycles. The SMILES string of the molecule is CC1=C2CC[C@@H]3C[C@@]2(C[C@@H](O)[C@@]2(O)[C@H]1C[C@H](O[C@@H]1O[C@H](CO)[C@@H](O)[C@H](O)[C@H]1O)C2(C)C)C[C@@]3(C)O. The zero-order valence-corrected chi connectivity index (χ0v) is 21.1. The Bertz CT molecular complexity index is 884. The van der Waals surface area contributed by atoms with Gasteiger partial charge < -0.3 is 45.2 Å². The average Bonchev–Trinajstić information content (AvgIpc) is 3.08. The van der Waals surface area contributed by atoms with Crippen molar-refractivity contribution < 1.29 is 45.2 Å². The minimum atomic E-state index is -1.55. The van der Waals surface area contributed by atoms with E-state index in [9.17, 15) is 35.7 Å². The Morgan fingerprint density at radius 3 is 2.34 bits per heavy atom. The van der Waals surface area contributed by atoms with Crippen molar-refractivity contribution in [1.29, 1.82) is 0 Å². The molecule has 0 aromatic heterocycles. The van der Waals surface area contributed by atoms with Gasteiger partial charge in [-0.05, 0) is 63.7 Å². The highest BCUT2D eigenvalue weighted by Crippen LogP contribution is 2.67. The molecule has 9 heteroatoms. The lowest BCUT2D eigenvalue weighted by molar-refractivity contribution is -0.321. The standard InChI is InChI=1S/C26H42O9/c1-12-14-6-5-13-8-25(14,11-24(13,4)32)9-17(28)26(33)15(12)7-18(23(26,2)3)35-22-21(31)20(30)19(29)16(10-27)34-22/h13,15-22,27-33H,5-11H2,1-4H3/t13-,15+,16-,17-,18+,19-,20+,21-,22+,24-,25-,26+/m1/s1. The smallest absolute Gasteiger partial charge is 0.186 e. The van der Waals surface area contributed by atoms with Gasteiger partial charge in [-0.3, -0.25) is 0 Å². The highest BCUT2D eigenvalue weighted by molar-refractivity contribution is 5.37. The Morgan fingerprint density at radius 1 is 1.00 bits per heavy atom. The second kappa shape index (κ2) is 8.19. The summed E-state index contributed by atoms with van der Waals surface area (Å²) < 4.78 is 11.7. The number of hydrogen-bond acceptors (Lipinski definition) is 9. The predicted octanol–water partition coefficient (Wildman–Crippen LogP) is -0.0290. The Kier molecular flexibility index (Phi) is 6.08. The largest absolute Gasteiger partial charge is 0.394 e. The van der Waals surface area contributed by atoms with Crippen molar-refractivity contribution in [2.24, 2.45) is 22.7 Å². The molecule has 200 valence electrons. The lowest BCUT2D eigenvalue weighted by Crippen LogP contribution is -2.61. The Balaban J connectivity index is 1.48. The summed E-state index contributed by atoms with van der Waals surface area (Å²) in [4.78, 5) is 0. The van der Waals surface area contributed by atoms with Crippen molar-refractivity contribution in [3.63, 3.8) is 0 Å². The van der Waals surface area contributed by atoms with Gasteiger partial charge in [0.1, 0.15) is 30.0 Å². The molecule has 0 radical (unpaired) electrons. The van der Waals surface area contributed by atoms with Crippen molar-refractivity contribution >= 4 is 0 Å². The third-order valence-corrected chi connectivity index (χ3v) is 10.7. The summed E-state index contributed by atoms with van der Waals surface area (Å²) in [5.74, 6) is -0.201. The summed E-state index contributed by atoms with van der Waals surface area (Å²) in [6.45, 7) is 7.05. The number of aliphatic hydroxyl groups excluding tert-OH is 5. The second-order valence-electron chi connectivity index (χ2n) is 12.8. The van der Waals surface area contributed by atoms with Crippen molar-refractivity contribution in [2.45, 2.75) is 120 Å². The summed E-state index contributed by atoms with van der Waals surface area (Å²) in [7, 11) is 0. The van der Waals surface area contributed by atoms with Gasteiger partial charge in [-0.1, -0.05) is 25.0 Å². The number of rotatable bonds is 3. The fourth-order valence-electron chi connectivity index (χ4n) is 8.58. The predicted molar refractivity (Wildman–Crippen MR) is 124 cm³/mol. The van der Waals surface area contributed by atoms with Crippen LogP contribution in [0, 0.1) is 22.7 Å². The minimum absolute atomic E-state index is 0.189. The molecule has 4 aliphatic carbocycles. The molecule has 5 aliphatic rings. The molecule has 0 aromatic rings. The zero-order valence-electron chi connectivity index (χ0n) is 21.1. The van der Waals surface area contributed by atoms with Crippen LogP contribution < -0.4 is 0 Å². The molecular formula is C26H42O9. The summed E-state index contributed by atoms with van der Waals surface area (Å²) in [5.41, 5.74) is -1.28. The van der Waals surface area contributed by atoms with E-state index in [2.05, 4.69) is 0 Å². The van der Waals surface area contributed by atoms with Crippen LogP contribution in [0.4, 0.5) is 0 Å². The zero-order chi connectivity index (χ0) is 25.7. The molecule has 0 unspecified atom stereocenters. The number of allylic oxidation sites excluding steroid dienone is 1. The summed E-state index contributed by atoms with van der Waals surface area (Å²) in [6, 6.07) is 0. The van der Waals surface area contributed by atoms with Gasteiger partial charge >= 0.3 is 0 Å². The van der Waals surface area contributed by atoms with Crippen LogP contribution in [0.1, 0.15) is 66.2 Å². The molecule has 1 aliphatic heterocycles. The minimum Gasteiger partial charge on any atom is -0.394 e. The van der Waals surface area contributed by atoms with Gasteiger partial charge in [-0.15, -0.1) is 0 Å². The topological polar surface area (TPSA) is 160 Å². The van der Waals surface area contributed by atoms with Crippen LogP contribution in [0.3, 0.4) is 0 Å². The molecule has 9 nitrogen and oxygen atoms in total. The Hall–Kier alpha value is -0.620. The van der Waals surface area contributed by atoms with Crippen molar-refractivity contribution in [3.05, 3.63) is 11.1 Å². The molecule has 7 N–H and O–H groups in total. The van der Waals surface area contributed by atoms with Crippen molar-refractivity contribution in [2.75, 3.05) is 6.61 Å². The van der Waals surface area contributed by atoms with E-state index in [0.29, 0.717) is 19.3 Å². The normalized spacial score (nSPS) is 55.5. The van der Waals surface area contributed by atoms with Gasteiger partial charge in [0.05, 0.1) is 24.4 Å². The Labute approximate surface area is 206 Å². The third kappa shape index (κ3) is 3.47. The summed E-state index contributed by atoms with van der Waals surface area (Å²) in [5, 5.41) is 75.3. The van der Waals surface area contributed by atoms with Crippen molar-refractivity contribution in [3.8, 4) is 0 Å². The highest BCUT2D eigenvalue weighted by atomic mass is 16.7. The third-order valence-electron chi connectivity index (χ3n) is 10.7. The van der Waals surface area contributed by atoms with E-state index in [-0.39, 0.29) is 17.3 Å². The average molecular weight is 499 g/mol. The van der Waals surface area contributed by atoms with Crippen LogP contribution in [0.2, 0.25) is 0 Å². The number of hydrogen-bond donors (Lipinski definition) is 7. The van der Waals surface area contributed by atoms with Gasteiger partial charge in [0.15, 0.2) is 6.29 Å². The van der Waals surface area contributed by atoms with Crippen LogP contribution >= 0.6 is 0 Å². The van der Waals surface area contributed by atoms with Crippen LogP contribution in [0.5, 0.6) is 0 Å². The number of fused-ring (bicyclic) bond motifs is 2. The van der Waals surface area contributed by atoms with Gasteiger partial charge in [-0.25, -0.2) is 0 Å². The van der Waals surface area contributed by atoms with Crippen molar-refractivity contribution in [1.82, 2.24) is 0 Å². The van der Waals surface area contributed by atoms with E-state index >= 15 is 0 Å². The van der Waals surface area contributed by atoms with Gasteiger partial charge in [0.2, 0.25) is 0 Å².